The first-order chi connectivity index (χ1) is 12.5. The lowest BCUT2D eigenvalue weighted by atomic mass is 10.2. The van der Waals surface area contributed by atoms with Gasteiger partial charge >= 0.3 is 0 Å². The maximum absolute atomic E-state index is 12.1. The standard InChI is InChI=1S/C19H19N3O2S2/c1-12-6-8-14(9-7-12)20-16(23)10-25-11-17(24)21-19-22-18-13(2)4-3-5-15(18)26-19/h3-9H,10-11H2,1-2H3,(H,20,23)(H,21,22,24). The number of anilines is 2. The van der Waals surface area contributed by atoms with Crippen LogP contribution in [0.3, 0.4) is 0 Å². The number of carbonyl (C=O) groups is 2. The highest BCUT2D eigenvalue weighted by Crippen LogP contribution is 2.27. The van der Waals surface area contributed by atoms with E-state index in [1.165, 1.54) is 23.1 Å². The van der Waals surface area contributed by atoms with Gasteiger partial charge < -0.3 is 10.6 Å². The third-order valence-electron chi connectivity index (χ3n) is 3.67. The Morgan fingerprint density at radius 1 is 1.00 bits per heavy atom. The van der Waals surface area contributed by atoms with Gasteiger partial charge in [-0.25, -0.2) is 4.98 Å². The first kappa shape index (κ1) is 18.4. The van der Waals surface area contributed by atoms with E-state index >= 15 is 0 Å². The maximum atomic E-state index is 12.1. The van der Waals surface area contributed by atoms with E-state index in [1.807, 2.05) is 56.3 Å². The molecule has 0 atom stereocenters. The van der Waals surface area contributed by atoms with Crippen molar-refractivity contribution in [2.24, 2.45) is 0 Å². The summed E-state index contributed by atoms with van der Waals surface area (Å²) in [5, 5.41) is 6.21. The highest BCUT2D eigenvalue weighted by molar-refractivity contribution is 8.00. The zero-order chi connectivity index (χ0) is 18.5. The average molecular weight is 386 g/mol. The number of aryl methyl sites for hydroxylation is 2. The molecule has 0 unspecified atom stereocenters. The van der Waals surface area contributed by atoms with E-state index in [0.717, 1.165) is 27.0 Å². The topological polar surface area (TPSA) is 71.1 Å². The zero-order valence-electron chi connectivity index (χ0n) is 14.5. The molecule has 0 aliphatic rings. The Labute approximate surface area is 160 Å². The Bertz CT molecular complexity index is 936. The van der Waals surface area contributed by atoms with E-state index in [4.69, 9.17) is 0 Å². The Kier molecular flexibility index (Phi) is 5.90. The predicted molar refractivity (Wildman–Crippen MR) is 110 cm³/mol. The van der Waals surface area contributed by atoms with E-state index in [9.17, 15) is 9.59 Å². The molecule has 7 heteroatoms. The molecule has 0 saturated carbocycles. The highest BCUT2D eigenvalue weighted by Gasteiger charge is 2.10. The second kappa shape index (κ2) is 8.33. The van der Waals surface area contributed by atoms with Crippen molar-refractivity contribution in [3.63, 3.8) is 0 Å². The van der Waals surface area contributed by atoms with Crippen LogP contribution in [0, 0.1) is 13.8 Å². The van der Waals surface area contributed by atoms with E-state index in [-0.39, 0.29) is 23.3 Å². The molecule has 0 radical (unpaired) electrons. The summed E-state index contributed by atoms with van der Waals surface area (Å²) in [6.45, 7) is 3.99. The number of carbonyl (C=O) groups excluding carboxylic acids is 2. The second-order valence-corrected chi connectivity index (χ2v) is 7.91. The fourth-order valence-corrected chi connectivity index (χ4v) is 3.94. The highest BCUT2D eigenvalue weighted by atomic mass is 32.2. The molecule has 26 heavy (non-hydrogen) atoms. The number of aromatic nitrogens is 1. The van der Waals surface area contributed by atoms with E-state index in [1.54, 1.807) is 0 Å². The Balaban J connectivity index is 1.45. The number of nitrogens with zero attached hydrogens (tertiary/aromatic N) is 1. The van der Waals surface area contributed by atoms with Crippen molar-refractivity contribution in [2.75, 3.05) is 22.1 Å². The summed E-state index contributed by atoms with van der Waals surface area (Å²) in [6.07, 6.45) is 0. The number of nitrogens with one attached hydrogen (secondary N) is 2. The van der Waals surface area contributed by atoms with Crippen molar-refractivity contribution in [3.8, 4) is 0 Å². The van der Waals surface area contributed by atoms with E-state index < -0.39 is 0 Å². The minimum Gasteiger partial charge on any atom is -0.325 e. The molecule has 0 spiro atoms. The third-order valence-corrected chi connectivity index (χ3v) is 5.54. The molecule has 2 N–H and O–H groups in total. The third kappa shape index (κ3) is 4.83. The number of thioether (sulfide) groups is 1. The van der Waals surface area contributed by atoms with Gasteiger partial charge in [0.05, 0.1) is 21.7 Å². The monoisotopic (exact) mass is 385 g/mol. The van der Waals surface area contributed by atoms with Crippen LogP contribution in [0.1, 0.15) is 11.1 Å². The minimum absolute atomic E-state index is 0.123. The smallest absolute Gasteiger partial charge is 0.236 e. The number of benzene rings is 2. The number of rotatable bonds is 6. The van der Waals surface area contributed by atoms with Gasteiger partial charge in [-0.1, -0.05) is 41.2 Å². The molecular formula is C19H19N3O2S2. The van der Waals surface area contributed by atoms with Crippen molar-refractivity contribution < 1.29 is 9.59 Å². The lowest BCUT2D eigenvalue weighted by Gasteiger charge is -2.05. The zero-order valence-corrected chi connectivity index (χ0v) is 16.2. The first-order valence-electron chi connectivity index (χ1n) is 8.11. The molecular weight excluding hydrogens is 366 g/mol. The van der Waals surface area contributed by atoms with Crippen molar-refractivity contribution in [2.45, 2.75) is 13.8 Å². The van der Waals surface area contributed by atoms with Crippen LogP contribution in [-0.2, 0) is 9.59 Å². The molecule has 3 rings (SSSR count). The van der Waals surface area contributed by atoms with Crippen LogP contribution in [0.15, 0.2) is 42.5 Å². The molecule has 1 aromatic heterocycles. The summed E-state index contributed by atoms with van der Waals surface area (Å²) in [4.78, 5) is 28.4. The molecule has 1 heterocycles. The van der Waals surface area contributed by atoms with Gasteiger partial charge in [0, 0.05) is 5.69 Å². The lowest BCUT2D eigenvalue weighted by Crippen LogP contribution is -2.18. The molecule has 2 amide bonds. The van der Waals surface area contributed by atoms with Crippen LogP contribution in [0.4, 0.5) is 10.8 Å². The molecule has 2 aromatic carbocycles. The van der Waals surface area contributed by atoms with Crippen LogP contribution in [0.25, 0.3) is 10.2 Å². The quantitative estimate of drug-likeness (QED) is 0.666. The average Bonchev–Trinajstić information content (AvgIpc) is 3.01. The molecule has 0 fully saturated rings. The number of para-hydroxylation sites is 1. The van der Waals surface area contributed by atoms with Crippen LogP contribution >= 0.6 is 23.1 Å². The second-order valence-electron chi connectivity index (χ2n) is 5.90. The molecule has 3 aromatic rings. The molecule has 0 bridgehead atoms. The minimum atomic E-state index is -0.158. The number of fused-ring (bicyclic) bond motifs is 1. The van der Waals surface area contributed by atoms with Crippen LogP contribution in [0.2, 0.25) is 0 Å². The van der Waals surface area contributed by atoms with Crippen molar-refractivity contribution in [1.29, 1.82) is 0 Å². The molecule has 0 aliphatic carbocycles. The number of thiazole rings is 1. The number of hydrogen-bond acceptors (Lipinski definition) is 5. The fourth-order valence-electron chi connectivity index (χ4n) is 2.37. The van der Waals surface area contributed by atoms with Gasteiger partial charge in [-0.05, 0) is 37.6 Å². The summed E-state index contributed by atoms with van der Waals surface area (Å²) in [6, 6.07) is 13.6. The largest absolute Gasteiger partial charge is 0.325 e. The van der Waals surface area contributed by atoms with Gasteiger partial charge in [-0.3, -0.25) is 9.59 Å². The number of hydrogen-bond donors (Lipinski definition) is 2. The summed E-state index contributed by atoms with van der Waals surface area (Å²) in [5.74, 6) is 0.147. The maximum Gasteiger partial charge on any atom is 0.236 e. The van der Waals surface area contributed by atoms with Gasteiger partial charge in [0.15, 0.2) is 5.13 Å². The van der Waals surface area contributed by atoms with Gasteiger partial charge in [0.25, 0.3) is 0 Å². The van der Waals surface area contributed by atoms with E-state index in [2.05, 4.69) is 15.6 Å². The van der Waals surface area contributed by atoms with Crippen molar-refractivity contribution in [3.05, 3.63) is 53.6 Å². The Morgan fingerprint density at radius 3 is 2.38 bits per heavy atom. The lowest BCUT2D eigenvalue weighted by molar-refractivity contribution is -0.114. The van der Waals surface area contributed by atoms with Gasteiger partial charge in [0.1, 0.15) is 0 Å². The number of amides is 2. The Hall–Kier alpha value is -2.38. The summed E-state index contributed by atoms with van der Waals surface area (Å²) < 4.78 is 1.05. The summed E-state index contributed by atoms with van der Waals surface area (Å²) in [7, 11) is 0. The van der Waals surface area contributed by atoms with E-state index in [0.29, 0.717) is 5.13 Å². The van der Waals surface area contributed by atoms with Crippen LogP contribution < -0.4 is 10.6 Å². The van der Waals surface area contributed by atoms with Crippen molar-refractivity contribution >= 4 is 55.9 Å². The molecule has 134 valence electrons. The fraction of sp³-hybridized carbons (Fsp3) is 0.211. The van der Waals surface area contributed by atoms with Gasteiger partial charge in [-0.15, -0.1) is 11.8 Å². The van der Waals surface area contributed by atoms with Gasteiger partial charge in [0.2, 0.25) is 11.8 Å². The normalized spacial score (nSPS) is 10.7. The Morgan fingerprint density at radius 2 is 1.69 bits per heavy atom. The molecule has 5 nitrogen and oxygen atoms in total. The molecule has 0 saturated heterocycles. The predicted octanol–water partition coefficient (Wildman–Crippen LogP) is 4.22. The van der Waals surface area contributed by atoms with Crippen molar-refractivity contribution in [1.82, 2.24) is 4.98 Å². The first-order valence-corrected chi connectivity index (χ1v) is 10.1. The van der Waals surface area contributed by atoms with Crippen LogP contribution in [0.5, 0.6) is 0 Å². The SMILES string of the molecule is Cc1ccc(NC(=O)CSCC(=O)Nc2nc3c(C)cccc3s2)cc1. The summed E-state index contributed by atoms with van der Waals surface area (Å²) >= 11 is 2.72. The molecule has 0 aliphatic heterocycles. The summed E-state index contributed by atoms with van der Waals surface area (Å²) in [5.41, 5.74) is 3.90. The van der Waals surface area contributed by atoms with Crippen LogP contribution in [-0.4, -0.2) is 28.3 Å². The van der Waals surface area contributed by atoms with Gasteiger partial charge in [-0.2, -0.15) is 0 Å².